The number of halogens is 1. The Morgan fingerprint density at radius 2 is 1.89 bits per heavy atom. The average molecular weight is 321 g/mol. The molecule has 19 heavy (non-hydrogen) atoms. The lowest BCUT2D eigenvalue weighted by molar-refractivity contribution is 0.101. The van der Waals surface area contributed by atoms with E-state index in [9.17, 15) is 9.90 Å². The molecule has 0 heterocycles. The molecule has 0 atom stereocenters. The van der Waals surface area contributed by atoms with Crippen molar-refractivity contribution in [1.82, 2.24) is 0 Å². The van der Waals surface area contributed by atoms with Crippen molar-refractivity contribution in [3.05, 3.63) is 46.4 Å². The normalized spacial score (nSPS) is 10.3. The minimum Gasteiger partial charge on any atom is -0.508 e. The number of hydrogen-bond acceptors (Lipinski definition) is 3. The van der Waals surface area contributed by atoms with E-state index >= 15 is 0 Å². The Morgan fingerprint density at radius 1 is 1.16 bits per heavy atom. The summed E-state index contributed by atoms with van der Waals surface area (Å²) in [6, 6.07) is 10.2. The van der Waals surface area contributed by atoms with Crippen LogP contribution in [0.1, 0.15) is 17.3 Å². The maximum atomic E-state index is 11.7. The summed E-state index contributed by atoms with van der Waals surface area (Å²) in [6.07, 6.45) is 0. The van der Waals surface area contributed by atoms with Crippen LogP contribution in [-0.2, 0) is 0 Å². The minimum absolute atomic E-state index is 0.0344. The summed E-state index contributed by atoms with van der Waals surface area (Å²) in [5, 5.41) is 9.64. The van der Waals surface area contributed by atoms with Crippen molar-refractivity contribution in [2.45, 2.75) is 6.92 Å². The number of benzene rings is 2. The molecule has 0 radical (unpaired) electrons. The third-order valence-electron chi connectivity index (χ3n) is 2.83. The molecule has 3 nitrogen and oxygen atoms in total. The maximum Gasteiger partial charge on any atom is 0.160 e. The van der Waals surface area contributed by atoms with E-state index in [-0.39, 0.29) is 11.5 Å². The second-order valence-electron chi connectivity index (χ2n) is 4.13. The molecule has 2 aromatic rings. The zero-order chi connectivity index (χ0) is 14.0. The van der Waals surface area contributed by atoms with E-state index in [4.69, 9.17) is 4.74 Å². The third kappa shape index (κ3) is 2.79. The highest BCUT2D eigenvalue weighted by Crippen LogP contribution is 2.36. The summed E-state index contributed by atoms with van der Waals surface area (Å²) in [4.78, 5) is 11.7. The molecule has 1 N–H and O–H groups in total. The molecule has 98 valence electrons. The topological polar surface area (TPSA) is 46.5 Å². The van der Waals surface area contributed by atoms with Crippen LogP contribution in [0, 0.1) is 0 Å². The van der Waals surface area contributed by atoms with E-state index in [0.717, 1.165) is 10.0 Å². The first-order chi connectivity index (χ1) is 9.02. The summed E-state index contributed by atoms with van der Waals surface area (Å²) in [6.45, 7) is 1.52. The second-order valence-corrected chi connectivity index (χ2v) is 5.05. The van der Waals surface area contributed by atoms with Gasteiger partial charge in [-0.15, -0.1) is 0 Å². The summed E-state index contributed by atoms with van der Waals surface area (Å²) in [7, 11) is 1.56. The Bertz CT molecular complexity index is 635. The lowest BCUT2D eigenvalue weighted by Gasteiger charge is -2.12. The number of hydrogen-bond donors (Lipinski definition) is 1. The highest BCUT2D eigenvalue weighted by molar-refractivity contribution is 9.10. The molecule has 0 spiro atoms. The maximum absolute atomic E-state index is 11.7. The third-order valence-corrected chi connectivity index (χ3v) is 3.33. The summed E-state index contributed by atoms with van der Waals surface area (Å²) < 4.78 is 6.15. The molecule has 0 saturated carbocycles. The number of rotatable bonds is 3. The number of phenols is 1. The zero-order valence-electron chi connectivity index (χ0n) is 10.6. The summed E-state index contributed by atoms with van der Waals surface area (Å²) >= 11 is 3.39. The predicted octanol–water partition coefficient (Wildman–Crippen LogP) is 4.03. The van der Waals surface area contributed by atoms with Crippen molar-refractivity contribution < 1.29 is 14.6 Å². The number of ether oxygens (including phenoxy) is 1. The number of carbonyl (C=O) groups is 1. The van der Waals surface area contributed by atoms with Gasteiger partial charge in [0.15, 0.2) is 5.78 Å². The molecule has 0 aliphatic carbocycles. The van der Waals surface area contributed by atoms with Gasteiger partial charge in [-0.1, -0.05) is 15.9 Å². The molecule has 0 fully saturated rings. The van der Waals surface area contributed by atoms with Gasteiger partial charge in [-0.2, -0.15) is 0 Å². The average Bonchev–Trinajstić information content (AvgIpc) is 2.38. The molecule has 2 rings (SSSR count). The number of phenolic OH excluding ortho intramolecular Hbond substituents is 1. The van der Waals surface area contributed by atoms with Gasteiger partial charge in [0.05, 0.1) is 7.11 Å². The van der Waals surface area contributed by atoms with E-state index in [2.05, 4.69) is 15.9 Å². The van der Waals surface area contributed by atoms with Gasteiger partial charge in [-0.25, -0.2) is 0 Å². The number of Topliss-reactive ketones (excluding diaryl/α,β-unsaturated/α-hetero) is 1. The van der Waals surface area contributed by atoms with E-state index in [1.165, 1.54) is 6.92 Å². The predicted molar refractivity (Wildman–Crippen MR) is 77.8 cm³/mol. The van der Waals surface area contributed by atoms with Crippen LogP contribution in [0.25, 0.3) is 11.1 Å². The van der Waals surface area contributed by atoms with Crippen LogP contribution in [0.5, 0.6) is 11.5 Å². The first kappa shape index (κ1) is 13.6. The van der Waals surface area contributed by atoms with Gasteiger partial charge in [0.1, 0.15) is 11.5 Å². The van der Waals surface area contributed by atoms with E-state index in [1.54, 1.807) is 31.4 Å². The van der Waals surface area contributed by atoms with Gasteiger partial charge in [0.25, 0.3) is 0 Å². The molecule has 0 aliphatic heterocycles. The zero-order valence-corrected chi connectivity index (χ0v) is 12.2. The number of methoxy groups -OCH3 is 1. The molecule has 0 amide bonds. The van der Waals surface area contributed by atoms with Gasteiger partial charge in [-0.3, -0.25) is 4.79 Å². The van der Waals surface area contributed by atoms with Crippen LogP contribution < -0.4 is 4.74 Å². The van der Waals surface area contributed by atoms with Crippen LogP contribution in [0.2, 0.25) is 0 Å². The van der Waals surface area contributed by atoms with Crippen LogP contribution in [0.3, 0.4) is 0 Å². The highest BCUT2D eigenvalue weighted by atomic mass is 79.9. The van der Waals surface area contributed by atoms with Crippen molar-refractivity contribution in [2.75, 3.05) is 7.11 Å². The first-order valence-electron chi connectivity index (χ1n) is 5.71. The lowest BCUT2D eigenvalue weighted by Crippen LogP contribution is -1.97. The Labute approximate surface area is 120 Å². The fourth-order valence-corrected chi connectivity index (χ4v) is 2.31. The van der Waals surface area contributed by atoms with Crippen molar-refractivity contribution in [2.24, 2.45) is 0 Å². The molecule has 0 aliphatic rings. The van der Waals surface area contributed by atoms with Crippen LogP contribution in [-0.4, -0.2) is 18.0 Å². The van der Waals surface area contributed by atoms with Gasteiger partial charge in [0, 0.05) is 15.6 Å². The summed E-state index contributed by atoms with van der Waals surface area (Å²) in [5.41, 5.74) is 2.01. The fraction of sp³-hybridized carbons (Fsp3) is 0.133. The van der Waals surface area contributed by atoms with Crippen LogP contribution in [0.15, 0.2) is 40.9 Å². The quantitative estimate of drug-likeness (QED) is 0.868. The molecular formula is C15H13BrO3. The van der Waals surface area contributed by atoms with E-state index in [1.807, 2.05) is 12.1 Å². The molecule has 2 aromatic carbocycles. The Kier molecular flexibility index (Phi) is 3.90. The standard InChI is InChI=1S/C15H13BrO3/c1-9(17)12-5-3-10(16)7-13(12)14-8-11(18)4-6-15(14)19-2/h3-8,18H,1-2H3. The van der Waals surface area contributed by atoms with Gasteiger partial charge in [-0.05, 0) is 48.9 Å². The SMILES string of the molecule is COc1ccc(O)cc1-c1cc(Br)ccc1C(C)=O. The lowest BCUT2D eigenvalue weighted by atomic mass is 9.96. The Balaban J connectivity index is 2.73. The number of aromatic hydroxyl groups is 1. The molecule has 0 bridgehead atoms. The van der Waals surface area contributed by atoms with Crippen molar-refractivity contribution in [3.8, 4) is 22.6 Å². The molecule has 0 saturated heterocycles. The number of carbonyl (C=O) groups excluding carboxylic acids is 1. The van der Waals surface area contributed by atoms with Crippen molar-refractivity contribution in [3.63, 3.8) is 0 Å². The van der Waals surface area contributed by atoms with E-state index in [0.29, 0.717) is 16.9 Å². The highest BCUT2D eigenvalue weighted by Gasteiger charge is 2.14. The minimum atomic E-state index is -0.0344. The van der Waals surface area contributed by atoms with Gasteiger partial charge in [0.2, 0.25) is 0 Å². The second kappa shape index (κ2) is 5.45. The van der Waals surface area contributed by atoms with Crippen molar-refractivity contribution in [1.29, 1.82) is 0 Å². The largest absolute Gasteiger partial charge is 0.508 e. The van der Waals surface area contributed by atoms with Crippen LogP contribution in [0.4, 0.5) is 0 Å². The van der Waals surface area contributed by atoms with Gasteiger partial charge < -0.3 is 9.84 Å². The monoisotopic (exact) mass is 320 g/mol. The van der Waals surface area contributed by atoms with Crippen LogP contribution >= 0.6 is 15.9 Å². The smallest absolute Gasteiger partial charge is 0.160 e. The first-order valence-corrected chi connectivity index (χ1v) is 6.50. The molecule has 0 aromatic heterocycles. The fourth-order valence-electron chi connectivity index (χ4n) is 1.95. The van der Waals surface area contributed by atoms with E-state index < -0.39 is 0 Å². The Hall–Kier alpha value is -1.81. The molecular weight excluding hydrogens is 308 g/mol. The summed E-state index contributed by atoms with van der Waals surface area (Å²) in [5.74, 6) is 0.705. The van der Waals surface area contributed by atoms with Gasteiger partial charge >= 0.3 is 0 Å². The van der Waals surface area contributed by atoms with Crippen molar-refractivity contribution >= 4 is 21.7 Å². The Morgan fingerprint density at radius 3 is 2.53 bits per heavy atom. The molecule has 0 unspecified atom stereocenters. The number of ketones is 1. The molecule has 4 heteroatoms.